The number of nitrogens with zero attached hydrogens (tertiary/aromatic N) is 2. The molecule has 3 N–H and O–H groups in total. The van der Waals surface area contributed by atoms with Crippen LogP contribution in [-0.4, -0.2) is 21.2 Å². The second-order valence-electron chi connectivity index (χ2n) is 2.46. The number of hydrogen-bond donors (Lipinski definition) is 2. The van der Waals surface area contributed by atoms with Crippen molar-refractivity contribution in [1.29, 1.82) is 0 Å². The highest BCUT2D eigenvalue weighted by Crippen LogP contribution is 2.14. The Morgan fingerprint density at radius 3 is 2.73 bits per heavy atom. The lowest BCUT2D eigenvalue weighted by Gasteiger charge is -2.06. The summed E-state index contributed by atoms with van der Waals surface area (Å²) in [4.78, 5) is 6.23. The van der Waals surface area contributed by atoms with Crippen LogP contribution in [0.2, 0.25) is 0 Å². The van der Waals surface area contributed by atoms with Gasteiger partial charge in [0, 0.05) is 0 Å². The van der Waals surface area contributed by atoms with Gasteiger partial charge in [0.05, 0.1) is 0 Å². The van der Waals surface area contributed by atoms with Crippen LogP contribution in [0.3, 0.4) is 0 Å². The first kappa shape index (κ1) is 7.71. The molecule has 5 heteroatoms. The van der Waals surface area contributed by atoms with Crippen molar-refractivity contribution in [2.75, 3.05) is 5.73 Å². The van der Waals surface area contributed by atoms with Gasteiger partial charge >= 0.3 is 0 Å². The van der Waals surface area contributed by atoms with Crippen molar-refractivity contribution < 1.29 is 9.94 Å². The smallest absolute Gasteiger partial charge is 0.191 e. The fourth-order valence-electron chi connectivity index (χ4n) is 0.627. The van der Waals surface area contributed by atoms with Crippen molar-refractivity contribution in [2.45, 2.75) is 20.0 Å². The molecule has 0 saturated heterocycles. The normalized spacial score (nSPS) is 10.5. The fourth-order valence-corrected chi connectivity index (χ4v) is 0.627. The molecule has 0 radical (unpaired) electrons. The first-order valence-corrected chi connectivity index (χ1v) is 3.31. The monoisotopic (exact) mass is 157 g/mol. The van der Waals surface area contributed by atoms with E-state index in [2.05, 4.69) is 5.10 Å². The molecule has 0 atom stereocenters. The Kier molecular flexibility index (Phi) is 1.89. The summed E-state index contributed by atoms with van der Waals surface area (Å²) < 4.78 is 0. The summed E-state index contributed by atoms with van der Waals surface area (Å²) in [5, 5.41) is 12.6. The summed E-state index contributed by atoms with van der Waals surface area (Å²) in [6.07, 6.45) is 1.32. The van der Waals surface area contributed by atoms with Crippen molar-refractivity contribution in [2.24, 2.45) is 0 Å². The SMILES string of the molecule is CC(C)On1cc(O)c(N)n1. The predicted octanol–water partition coefficient (Wildman–Crippen LogP) is 0.00790. The van der Waals surface area contributed by atoms with Crippen molar-refractivity contribution in [3.63, 3.8) is 0 Å². The number of anilines is 1. The third-order valence-electron chi connectivity index (χ3n) is 1.02. The second-order valence-corrected chi connectivity index (χ2v) is 2.46. The van der Waals surface area contributed by atoms with E-state index in [1.165, 1.54) is 6.20 Å². The molecule has 0 aromatic carbocycles. The molecule has 0 amide bonds. The third-order valence-corrected chi connectivity index (χ3v) is 1.02. The van der Waals surface area contributed by atoms with Crippen LogP contribution in [0.1, 0.15) is 13.8 Å². The van der Waals surface area contributed by atoms with Gasteiger partial charge in [0.25, 0.3) is 0 Å². The van der Waals surface area contributed by atoms with Gasteiger partial charge in [-0.15, -0.1) is 9.94 Å². The molecule has 1 rings (SSSR count). The molecule has 5 nitrogen and oxygen atoms in total. The van der Waals surface area contributed by atoms with Crippen molar-refractivity contribution in [3.05, 3.63) is 6.20 Å². The lowest BCUT2D eigenvalue weighted by molar-refractivity contribution is 0.0363. The van der Waals surface area contributed by atoms with E-state index in [4.69, 9.17) is 15.7 Å². The topological polar surface area (TPSA) is 73.3 Å². The molecule has 0 fully saturated rings. The standard InChI is InChI=1S/C6H11N3O2/c1-4(2)11-9-3-5(10)6(7)8-9/h3-4,10H,1-2H3,(H2,7,8). The zero-order chi connectivity index (χ0) is 8.43. The lowest BCUT2D eigenvalue weighted by atomic mass is 10.5. The van der Waals surface area contributed by atoms with Gasteiger partial charge in [-0.1, -0.05) is 0 Å². The Labute approximate surface area is 64.3 Å². The predicted molar refractivity (Wildman–Crippen MR) is 40.0 cm³/mol. The molecule has 62 valence electrons. The molecular weight excluding hydrogens is 146 g/mol. The maximum atomic E-state index is 8.96. The third kappa shape index (κ3) is 1.76. The quantitative estimate of drug-likeness (QED) is 0.634. The van der Waals surface area contributed by atoms with Crippen LogP contribution in [-0.2, 0) is 0 Å². The second kappa shape index (κ2) is 2.69. The number of nitrogens with two attached hydrogens (primary N) is 1. The maximum absolute atomic E-state index is 8.96. The van der Waals surface area contributed by atoms with Gasteiger partial charge < -0.3 is 15.7 Å². The summed E-state index contributed by atoms with van der Waals surface area (Å²) in [6.45, 7) is 3.71. The minimum atomic E-state index is -0.0642. The molecule has 0 aliphatic carbocycles. The highest BCUT2D eigenvalue weighted by Gasteiger charge is 2.04. The van der Waals surface area contributed by atoms with Gasteiger partial charge in [-0.2, -0.15) is 0 Å². The summed E-state index contributed by atoms with van der Waals surface area (Å²) in [5.41, 5.74) is 5.25. The first-order valence-electron chi connectivity index (χ1n) is 3.31. The Hall–Kier alpha value is -1.39. The van der Waals surface area contributed by atoms with Gasteiger partial charge in [-0.05, 0) is 13.8 Å². The Bertz CT molecular complexity index is 224. The van der Waals surface area contributed by atoms with Crippen LogP contribution in [0.5, 0.6) is 5.75 Å². The molecule has 0 aliphatic heterocycles. The number of rotatable bonds is 2. The van der Waals surface area contributed by atoms with Crippen molar-refractivity contribution >= 4 is 5.82 Å². The van der Waals surface area contributed by atoms with Crippen molar-refractivity contribution in [3.8, 4) is 5.75 Å². The number of aromatic nitrogens is 2. The first-order chi connectivity index (χ1) is 5.09. The van der Waals surface area contributed by atoms with E-state index in [0.29, 0.717) is 0 Å². The minimum Gasteiger partial charge on any atom is -0.503 e. The molecule has 0 saturated carbocycles. The van der Waals surface area contributed by atoms with Gasteiger partial charge in [0.15, 0.2) is 11.6 Å². The fraction of sp³-hybridized carbons (Fsp3) is 0.500. The molecule has 1 aromatic heterocycles. The summed E-state index contributed by atoms with van der Waals surface area (Å²) in [6, 6.07) is 0. The van der Waals surface area contributed by atoms with Gasteiger partial charge in [-0.25, -0.2) is 0 Å². The summed E-state index contributed by atoms with van der Waals surface area (Å²) in [5.74, 6) is 0.0105. The maximum Gasteiger partial charge on any atom is 0.191 e. The van der Waals surface area contributed by atoms with Crippen LogP contribution in [0.25, 0.3) is 0 Å². The van der Waals surface area contributed by atoms with Crippen molar-refractivity contribution in [1.82, 2.24) is 9.94 Å². The Balaban J connectivity index is 2.73. The van der Waals surface area contributed by atoms with Crippen LogP contribution >= 0.6 is 0 Å². The van der Waals surface area contributed by atoms with E-state index in [1.54, 1.807) is 0 Å². The summed E-state index contributed by atoms with van der Waals surface area (Å²) in [7, 11) is 0. The van der Waals surface area contributed by atoms with E-state index in [1.807, 2.05) is 13.8 Å². The van der Waals surface area contributed by atoms with Crippen LogP contribution in [0, 0.1) is 0 Å². The van der Waals surface area contributed by atoms with Gasteiger partial charge in [-0.3, -0.25) is 0 Å². The Morgan fingerprint density at radius 1 is 1.73 bits per heavy atom. The van der Waals surface area contributed by atoms with E-state index in [9.17, 15) is 0 Å². The highest BCUT2D eigenvalue weighted by molar-refractivity contribution is 5.41. The number of nitrogen functional groups attached to an aromatic ring is 1. The number of hydrogen-bond acceptors (Lipinski definition) is 4. The zero-order valence-electron chi connectivity index (χ0n) is 6.48. The minimum absolute atomic E-state index is 0.00806. The largest absolute Gasteiger partial charge is 0.503 e. The van der Waals surface area contributed by atoms with Crippen LogP contribution < -0.4 is 10.6 Å². The average Bonchev–Trinajstić information content (AvgIpc) is 2.10. The van der Waals surface area contributed by atoms with Crippen LogP contribution in [0.4, 0.5) is 5.82 Å². The van der Waals surface area contributed by atoms with Gasteiger partial charge in [0.2, 0.25) is 0 Å². The number of aromatic hydroxyl groups is 1. The van der Waals surface area contributed by atoms with E-state index in [0.717, 1.165) is 4.85 Å². The molecule has 1 heterocycles. The highest BCUT2D eigenvalue weighted by atomic mass is 16.7. The van der Waals surface area contributed by atoms with E-state index >= 15 is 0 Å². The lowest BCUT2D eigenvalue weighted by Crippen LogP contribution is -2.19. The molecule has 1 aromatic rings. The molecule has 0 spiro atoms. The van der Waals surface area contributed by atoms with E-state index in [-0.39, 0.29) is 17.7 Å². The van der Waals surface area contributed by atoms with E-state index < -0.39 is 0 Å². The molecule has 11 heavy (non-hydrogen) atoms. The molecule has 0 aliphatic rings. The summed E-state index contributed by atoms with van der Waals surface area (Å²) >= 11 is 0. The van der Waals surface area contributed by atoms with Crippen LogP contribution in [0.15, 0.2) is 6.20 Å². The van der Waals surface area contributed by atoms with Gasteiger partial charge in [0.1, 0.15) is 12.3 Å². The molecule has 0 unspecified atom stereocenters. The Morgan fingerprint density at radius 2 is 2.36 bits per heavy atom. The molecular formula is C6H11N3O2. The average molecular weight is 157 g/mol. The molecule has 0 bridgehead atoms. The zero-order valence-corrected chi connectivity index (χ0v) is 6.48.